The maximum atomic E-state index is 11.4. The molecule has 0 aliphatic carbocycles. The molecular weight excluding hydrogens is 450 g/mol. The van der Waals surface area contributed by atoms with E-state index in [-0.39, 0.29) is 5.91 Å². The van der Waals surface area contributed by atoms with Crippen molar-refractivity contribution in [3.8, 4) is 5.69 Å². The average molecular weight is 476 g/mol. The minimum absolute atomic E-state index is 0.104. The van der Waals surface area contributed by atoms with Crippen molar-refractivity contribution >= 4 is 40.2 Å². The molecule has 0 saturated heterocycles. The second-order valence-corrected chi connectivity index (χ2v) is 8.82. The van der Waals surface area contributed by atoms with Crippen LogP contribution in [-0.4, -0.2) is 32.0 Å². The molecule has 3 aromatic carbocycles. The molecule has 3 heterocycles. The first-order valence-corrected chi connectivity index (χ1v) is 11.9. The molecule has 0 saturated carbocycles. The third-order valence-electron chi connectivity index (χ3n) is 6.30. The summed E-state index contributed by atoms with van der Waals surface area (Å²) in [6.07, 6.45) is 2.73. The fourth-order valence-electron chi connectivity index (χ4n) is 4.54. The summed E-state index contributed by atoms with van der Waals surface area (Å²) in [6.45, 7) is 3.09. The number of carbonyl (C=O) groups is 1. The van der Waals surface area contributed by atoms with Gasteiger partial charge in [-0.15, -0.1) is 0 Å². The highest BCUT2D eigenvalue weighted by molar-refractivity contribution is 5.90. The Kier molecular flexibility index (Phi) is 5.53. The highest BCUT2D eigenvalue weighted by atomic mass is 16.1. The summed E-state index contributed by atoms with van der Waals surface area (Å²) in [6, 6.07) is 26.1. The van der Waals surface area contributed by atoms with Gasteiger partial charge in [0.2, 0.25) is 11.9 Å². The van der Waals surface area contributed by atoms with Crippen LogP contribution in [0.2, 0.25) is 0 Å². The quantitative estimate of drug-likeness (QED) is 0.369. The minimum atomic E-state index is -0.104. The SMILES string of the molecule is CC(=O)Nc1ccc(Nc2nc(N3CCc4ccccc4C3)nc3c2ncn3-c2ccccc2)cc1. The molecule has 8 heteroatoms. The lowest BCUT2D eigenvalue weighted by molar-refractivity contribution is -0.114. The number of fused-ring (bicyclic) bond motifs is 2. The van der Waals surface area contributed by atoms with Crippen LogP contribution in [0.3, 0.4) is 0 Å². The fourth-order valence-corrected chi connectivity index (χ4v) is 4.54. The molecule has 0 spiro atoms. The minimum Gasteiger partial charge on any atom is -0.338 e. The van der Waals surface area contributed by atoms with Crippen LogP contribution in [0.15, 0.2) is 85.2 Å². The van der Waals surface area contributed by atoms with E-state index in [1.807, 2.05) is 59.2 Å². The number of amides is 1. The number of hydrogen-bond acceptors (Lipinski definition) is 6. The van der Waals surface area contributed by atoms with Crippen molar-refractivity contribution in [1.29, 1.82) is 0 Å². The summed E-state index contributed by atoms with van der Waals surface area (Å²) >= 11 is 0. The van der Waals surface area contributed by atoms with E-state index >= 15 is 0 Å². The van der Waals surface area contributed by atoms with Crippen LogP contribution in [-0.2, 0) is 17.8 Å². The Morgan fingerprint density at radius 1 is 0.861 bits per heavy atom. The highest BCUT2D eigenvalue weighted by Crippen LogP contribution is 2.30. The van der Waals surface area contributed by atoms with Gasteiger partial charge in [-0.25, -0.2) is 4.98 Å². The second-order valence-electron chi connectivity index (χ2n) is 8.82. The van der Waals surface area contributed by atoms with Gasteiger partial charge in [0.25, 0.3) is 0 Å². The van der Waals surface area contributed by atoms with Gasteiger partial charge in [0, 0.05) is 37.1 Å². The van der Waals surface area contributed by atoms with Crippen molar-refractivity contribution in [3.05, 3.63) is 96.3 Å². The van der Waals surface area contributed by atoms with Crippen LogP contribution >= 0.6 is 0 Å². The molecule has 178 valence electrons. The average Bonchev–Trinajstić information content (AvgIpc) is 3.34. The number of anilines is 4. The number of carbonyl (C=O) groups excluding carboxylic acids is 1. The first-order valence-electron chi connectivity index (χ1n) is 11.9. The number of nitrogens with one attached hydrogen (secondary N) is 2. The van der Waals surface area contributed by atoms with Crippen molar-refractivity contribution < 1.29 is 4.79 Å². The van der Waals surface area contributed by atoms with Gasteiger partial charge in [-0.1, -0.05) is 42.5 Å². The van der Waals surface area contributed by atoms with E-state index in [0.29, 0.717) is 17.3 Å². The molecule has 8 nitrogen and oxygen atoms in total. The van der Waals surface area contributed by atoms with E-state index in [1.54, 1.807) is 6.33 Å². The van der Waals surface area contributed by atoms with Crippen molar-refractivity contribution in [3.63, 3.8) is 0 Å². The van der Waals surface area contributed by atoms with Gasteiger partial charge in [-0.05, 0) is 53.9 Å². The number of aromatic nitrogens is 4. The summed E-state index contributed by atoms with van der Waals surface area (Å²) in [5.41, 5.74) is 6.66. The van der Waals surface area contributed by atoms with Gasteiger partial charge in [0.1, 0.15) is 6.33 Å². The monoisotopic (exact) mass is 475 g/mol. The third-order valence-corrected chi connectivity index (χ3v) is 6.30. The maximum absolute atomic E-state index is 11.4. The number of rotatable bonds is 5. The first kappa shape index (κ1) is 21.8. The predicted octanol–water partition coefficient (Wildman–Crippen LogP) is 5.08. The van der Waals surface area contributed by atoms with Crippen molar-refractivity contribution in [2.45, 2.75) is 19.9 Å². The third kappa shape index (κ3) is 4.24. The highest BCUT2D eigenvalue weighted by Gasteiger charge is 2.22. The molecule has 36 heavy (non-hydrogen) atoms. The Morgan fingerprint density at radius 3 is 2.36 bits per heavy atom. The molecule has 0 radical (unpaired) electrons. The van der Waals surface area contributed by atoms with Gasteiger partial charge >= 0.3 is 0 Å². The van der Waals surface area contributed by atoms with E-state index in [1.165, 1.54) is 18.1 Å². The number of para-hydroxylation sites is 1. The summed E-state index contributed by atoms with van der Waals surface area (Å²) in [5, 5.41) is 6.22. The van der Waals surface area contributed by atoms with Gasteiger partial charge in [-0.2, -0.15) is 9.97 Å². The summed E-state index contributed by atoms with van der Waals surface area (Å²) in [4.78, 5) is 28.2. The Labute approximate surface area is 208 Å². The molecule has 0 bridgehead atoms. The van der Waals surface area contributed by atoms with Crippen LogP contribution in [0.5, 0.6) is 0 Å². The van der Waals surface area contributed by atoms with Crippen LogP contribution in [0.1, 0.15) is 18.1 Å². The summed E-state index contributed by atoms with van der Waals surface area (Å²) in [5.74, 6) is 1.19. The van der Waals surface area contributed by atoms with Crippen LogP contribution in [0, 0.1) is 0 Å². The molecular formula is C28H25N7O. The van der Waals surface area contributed by atoms with Gasteiger partial charge in [0.05, 0.1) is 0 Å². The Balaban J connectivity index is 1.41. The number of nitrogens with zero attached hydrogens (tertiary/aromatic N) is 5. The fraction of sp³-hybridized carbons (Fsp3) is 0.143. The Morgan fingerprint density at radius 2 is 1.58 bits per heavy atom. The van der Waals surface area contributed by atoms with Crippen molar-refractivity contribution in [2.75, 3.05) is 22.1 Å². The topological polar surface area (TPSA) is 88.0 Å². The van der Waals surface area contributed by atoms with E-state index in [4.69, 9.17) is 9.97 Å². The zero-order chi connectivity index (χ0) is 24.5. The van der Waals surface area contributed by atoms with Gasteiger partial charge in [-0.3, -0.25) is 9.36 Å². The lowest BCUT2D eigenvalue weighted by Crippen LogP contribution is -2.32. The largest absolute Gasteiger partial charge is 0.338 e. The number of benzene rings is 3. The second kappa shape index (κ2) is 9.14. The predicted molar refractivity (Wildman–Crippen MR) is 142 cm³/mol. The summed E-state index contributed by atoms with van der Waals surface area (Å²) < 4.78 is 1.99. The van der Waals surface area contributed by atoms with E-state index in [2.05, 4.69) is 44.8 Å². The molecule has 6 rings (SSSR count). The molecule has 1 amide bonds. The standard InChI is InChI=1S/C28H25N7O/c1-19(36)30-22-11-13-23(14-12-22)31-26-25-27(35(18-29-25)24-9-3-2-4-10-24)33-28(32-26)34-16-15-20-7-5-6-8-21(20)17-34/h2-14,18H,15-17H2,1H3,(H,30,36)(H,31,32,33). The first-order chi connectivity index (χ1) is 17.6. The molecule has 0 fully saturated rings. The lowest BCUT2D eigenvalue weighted by Gasteiger charge is -2.29. The Hall–Kier alpha value is -4.72. The lowest BCUT2D eigenvalue weighted by atomic mass is 10.0. The van der Waals surface area contributed by atoms with E-state index in [9.17, 15) is 4.79 Å². The van der Waals surface area contributed by atoms with E-state index in [0.717, 1.165) is 42.2 Å². The Bertz CT molecular complexity index is 1540. The van der Waals surface area contributed by atoms with Crippen molar-refractivity contribution in [1.82, 2.24) is 19.5 Å². The zero-order valence-electron chi connectivity index (χ0n) is 19.8. The number of hydrogen-bond donors (Lipinski definition) is 2. The van der Waals surface area contributed by atoms with Crippen LogP contribution in [0.25, 0.3) is 16.9 Å². The number of imidazole rings is 1. The summed E-state index contributed by atoms with van der Waals surface area (Å²) in [7, 11) is 0. The van der Waals surface area contributed by atoms with Crippen molar-refractivity contribution in [2.24, 2.45) is 0 Å². The molecule has 1 aliphatic rings. The molecule has 5 aromatic rings. The van der Waals surface area contributed by atoms with E-state index < -0.39 is 0 Å². The zero-order valence-corrected chi connectivity index (χ0v) is 19.8. The molecule has 0 unspecified atom stereocenters. The van der Waals surface area contributed by atoms with Gasteiger partial charge < -0.3 is 15.5 Å². The van der Waals surface area contributed by atoms with Crippen LogP contribution < -0.4 is 15.5 Å². The molecule has 1 aliphatic heterocycles. The molecule has 2 N–H and O–H groups in total. The maximum Gasteiger partial charge on any atom is 0.229 e. The smallest absolute Gasteiger partial charge is 0.229 e. The molecule has 2 aromatic heterocycles. The normalized spacial score (nSPS) is 12.9. The van der Waals surface area contributed by atoms with Gasteiger partial charge in [0.15, 0.2) is 17.0 Å². The van der Waals surface area contributed by atoms with Crippen LogP contribution in [0.4, 0.5) is 23.1 Å². The molecule has 0 atom stereocenters.